The summed E-state index contributed by atoms with van der Waals surface area (Å²) in [4.78, 5) is 22.5. The average Bonchev–Trinajstić information content (AvgIpc) is 2.53. The van der Waals surface area contributed by atoms with Gasteiger partial charge in [0.1, 0.15) is 24.0 Å². The van der Waals surface area contributed by atoms with Crippen LogP contribution in [-0.4, -0.2) is 18.7 Å². The fourth-order valence-electron chi connectivity index (χ4n) is 2.53. The summed E-state index contributed by atoms with van der Waals surface area (Å²) in [6.45, 7) is 7.69. The van der Waals surface area contributed by atoms with E-state index < -0.39 is 0 Å². The summed E-state index contributed by atoms with van der Waals surface area (Å²) in [5.41, 5.74) is 2.26. The molecule has 1 atom stereocenters. The smallest absolute Gasteiger partial charge is 0.336 e. The van der Waals surface area contributed by atoms with Crippen molar-refractivity contribution >= 4 is 16.9 Å². The number of hydrogen-bond acceptors (Lipinski definition) is 5. The summed E-state index contributed by atoms with van der Waals surface area (Å²) in [5.74, 6) is 0.325. The number of carbonyl (C=O) groups is 1. The van der Waals surface area contributed by atoms with Gasteiger partial charge < -0.3 is 13.9 Å². The van der Waals surface area contributed by atoms with Crippen LogP contribution >= 0.6 is 0 Å². The molecule has 26 heavy (non-hydrogen) atoms. The molecule has 2 aromatic rings. The maximum Gasteiger partial charge on any atom is 0.336 e. The molecule has 138 valence electrons. The molecule has 2 rings (SSSR count). The van der Waals surface area contributed by atoms with E-state index in [1.807, 2.05) is 45.1 Å². The van der Waals surface area contributed by atoms with Crippen LogP contribution in [0.15, 0.2) is 62.8 Å². The maximum absolute atomic E-state index is 11.3. The second-order valence-electron chi connectivity index (χ2n) is 6.41. The van der Waals surface area contributed by atoms with Gasteiger partial charge in [-0.1, -0.05) is 11.1 Å². The Hall–Kier alpha value is -2.82. The number of fused-ring (bicyclic) bond motifs is 1. The monoisotopic (exact) mass is 356 g/mol. The zero-order valence-corrected chi connectivity index (χ0v) is 15.6. The number of allylic oxidation sites excluding steroid dienone is 1. The number of carbonyl (C=O) groups excluding carboxylic acids is 1. The molecule has 5 nitrogen and oxygen atoms in total. The van der Waals surface area contributed by atoms with Gasteiger partial charge >= 0.3 is 11.6 Å². The third-order valence-corrected chi connectivity index (χ3v) is 3.64. The van der Waals surface area contributed by atoms with Crippen molar-refractivity contribution in [2.24, 2.45) is 0 Å². The van der Waals surface area contributed by atoms with Crippen LogP contribution in [-0.2, 0) is 9.53 Å². The summed E-state index contributed by atoms with van der Waals surface area (Å²) >= 11 is 0. The standard InChI is InChI=1S/C21H24O5/c1-14(2)11-19(25-16(4)22)12-15(3)9-10-24-18-7-5-17-6-8-21(23)26-20(17)13-18/h5-9,11,13,19H,10,12H2,1-4H3/b15-9+. The minimum Gasteiger partial charge on any atom is -0.489 e. The predicted octanol–water partition coefficient (Wildman–Crippen LogP) is 4.41. The molecule has 0 spiro atoms. The minimum atomic E-state index is -0.388. The zero-order valence-electron chi connectivity index (χ0n) is 15.6. The first-order chi connectivity index (χ1) is 12.3. The third kappa shape index (κ3) is 6.24. The highest BCUT2D eigenvalue weighted by Crippen LogP contribution is 2.20. The van der Waals surface area contributed by atoms with Crippen molar-refractivity contribution in [3.8, 4) is 5.75 Å². The minimum absolute atomic E-state index is 0.274. The third-order valence-electron chi connectivity index (χ3n) is 3.64. The van der Waals surface area contributed by atoms with Crippen LogP contribution in [0, 0.1) is 0 Å². The van der Waals surface area contributed by atoms with Crippen molar-refractivity contribution < 1.29 is 18.7 Å². The zero-order chi connectivity index (χ0) is 19.1. The fraction of sp³-hybridized carbons (Fsp3) is 0.333. The van der Waals surface area contributed by atoms with Gasteiger partial charge in [0, 0.05) is 30.9 Å². The number of ether oxygens (including phenoxy) is 2. The Kier molecular flexibility index (Phi) is 6.78. The molecule has 0 amide bonds. The molecule has 1 aromatic heterocycles. The van der Waals surface area contributed by atoms with Gasteiger partial charge in [-0.25, -0.2) is 4.79 Å². The molecule has 0 aliphatic heterocycles. The summed E-state index contributed by atoms with van der Waals surface area (Å²) in [6.07, 6.45) is 4.22. The van der Waals surface area contributed by atoms with Crippen molar-refractivity contribution in [2.75, 3.05) is 6.61 Å². The van der Waals surface area contributed by atoms with Gasteiger partial charge in [0.2, 0.25) is 0 Å². The summed E-state index contributed by atoms with van der Waals surface area (Å²) in [6, 6.07) is 8.48. The Morgan fingerprint density at radius 3 is 2.58 bits per heavy atom. The molecule has 1 unspecified atom stereocenters. The lowest BCUT2D eigenvalue weighted by Gasteiger charge is -2.14. The largest absolute Gasteiger partial charge is 0.489 e. The number of esters is 1. The highest BCUT2D eigenvalue weighted by atomic mass is 16.5. The van der Waals surface area contributed by atoms with Crippen LogP contribution in [0.25, 0.3) is 11.0 Å². The topological polar surface area (TPSA) is 65.7 Å². The van der Waals surface area contributed by atoms with Crippen LogP contribution in [0.2, 0.25) is 0 Å². The number of benzene rings is 1. The highest BCUT2D eigenvalue weighted by molar-refractivity contribution is 5.77. The van der Waals surface area contributed by atoms with E-state index in [-0.39, 0.29) is 17.7 Å². The maximum atomic E-state index is 11.3. The quantitative estimate of drug-likeness (QED) is 0.418. The van der Waals surface area contributed by atoms with E-state index >= 15 is 0 Å². The molecule has 0 saturated carbocycles. The lowest BCUT2D eigenvalue weighted by atomic mass is 10.1. The molecule has 0 radical (unpaired) electrons. The van der Waals surface area contributed by atoms with E-state index in [0.717, 1.165) is 16.5 Å². The van der Waals surface area contributed by atoms with Crippen molar-refractivity contribution in [3.63, 3.8) is 0 Å². The van der Waals surface area contributed by atoms with Crippen LogP contribution in [0.3, 0.4) is 0 Å². The average molecular weight is 356 g/mol. The molecule has 1 heterocycles. The van der Waals surface area contributed by atoms with Crippen molar-refractivity contribution in [2.45, 2.75) is 40.2 Å². The SMILES string of the molecule is CC(=O)OC(C=C(C)C)C/C(C)=C/COc1ccc2ccc(=O)oc2c1. The van der Waals surface area contributed by atoms with Gasteiger partial charge in [-0.05, 0) is 51.1 Å². The second kappa shape index (κ2) is 9.04. The number of rotatable bonds is 7. The fourth-order valence-corrected chi connectivity index (χ4v) is 2.53. The summed E-state index contributed by atoms with van der Waals surface area (Å²) in [5, 5.41) is 0.842. The second-order valence-corrected chi connectivity index (χ2v) is 6.41. The lowest BCUT2D eigenvalue weighted by Crippen LogP contribution is -2.14. The van der Waals surface area contributed by atoms with Crippen LogP contribution in [0.5, 0.6) is 5.75 Å². The van der Waals surface area contributed by atoms with Crippen LogP contribution in [0.1, 0.15) is 34.1 Å². The molecule has 0 saturated heterocycles. The van der Waals surface area contributed by atoms with Gasteiger partial charge in [0.05, 0.1) is 0 Å². The number of hydrogen-bond donors (Lipinski definition) is 0. The summed E-state index contributed by atoms with van der Waals surface area (Å²) in [7, 11) is 0. The predicted molar refractivity (Wildman–Crippen MR) is 101 cm³/mol. The van der Waals surface area contributed by atoms with E-state index in [2.05, 4.69) is 0 Å². The van der Waals surface area contributed by atoms with Crippen LogP contribution < -0.4 is 10.4 Å². The van der Waals surface area contributed by atoms with E-state index in [1.165, 1.54) is 13.0 Å². The molecule has 0 aliphatic carbocycles. The van der Waals surface area contributed by atoms with Crippen molar-refractivity contribution in [3.05, 3.63) is 64.1 Å². The normalized spacial score (nSPS) is 12.5. The lowest BCUT2D eigenvalue weighted by molar-refractivity contribution is -0.144. The molecule has 0 fully saturated rings. The Morgan fingerprint density at radius 1 is 1.15 bits per heavy atom. The van der Waals surface area contributed by atoms with Gasteiger partial charge in [-0.2, -0.15) is 0 Å². The van der Waals surface area contributed by atoms with Crippen molar-refractivity contribution in [1.82, 2.24) is 0 Å². The first-order valence-electron chi connectivity index (χ1n) is 8.48. The Morgan fingerprint density at radius 2 is 1.88 bits per heavy atom. The van der Waals surface area contributed by atoms with Crippen LogP contribution in [0.4, 0.5) is 0 Å². The van der Waals surface area contributed by atoms with E-state index in [1.54, 1.807) is 12.1 Å². The Labute approximate surface area is 152 Å². The van der Waals surface area contributed by atoms with Crippen molar-refractivity contribution in [1.29, 1.82) is 0 Å². The highest BCUT2D eigenvalue weighted by Gasteiger charge is 2.09. The van der Waals surface area contributed by atoms with Gasteiger partial charge in [0.25, 0.3) is 0 Å². The molecular weight excluding hydrogens is 332 g/mol. The van der Waals surface area contributed by atoms with E-state index in [4.69, 9.17) is 13.9 Å². The van der Waals surface area contributed by atoms with Gasteiger partial charge in [0.15, 0.2) is 0 Å². The molecule has 0 N–H and O–H groups in total. The van der Waals surface area contributed by atoms with E-state index in [0.29, 0.717) is 24.4 Å². The first kappa shape index (κ1) is 19.5. The summed E-state index contributed by atoms with van der Waals surface area (Å²) < 4.78 is 16.2. The van der Waals surface area contributed by atoms with Gasteiger partial charge in [-0.15, -0.1) is 0 Å². The van der Waals surface area contributed by atoms with E-state index in [9.17, 15) is 9.59 Å². The Balaban J connectivity index is 1.98. The Bertz CT molecular complexity index is 885. The molecular formula is C21H24O5. The molecule has 0 aliphatic rings. The van der Waals surface area contributed by atoms with Gasteiger partial charge in [-0.3, -0.25) is 4.79 Å². The molecule has 5 heteroatoms. The molecule has 1 aromatic carbocycles. The first-order valence-corrected chi connectivity index (χ1v) is 8.48. The molecule has 0 bridgehead atoms.